The van der Waals surface area contributed by atoms with Crippen molar-refractivity contribution in [2.45, 2.75) is 6.92 Å². The zero-order valence-corrected chi connectivity index (χ0v) is 15.9. The molecule has 0 atom stereocenters. The van der Waals surface area contributed by atoms with Gasteiger partial charge in [-0.3, -0.25) is 30.3 Å². The van der Waals surface area contributed by atoms with Crippen molar-refractivity contribution in [2.75, 3.05) is 5.32 Å². The average molecular weight is 425 g/mol. The van der Waals surface area contributed by atoms with Crippen molar-refractivity contribution in [1.29, 1.82) is 0 Å². The monoisotopic (exact) mass is 424 g/mol. The highest BCUT2D eigenvalue weighted by molar-refractivity contribution is 7.20. The van der Waals surface area contributed by atoms with Gasteiger partial charge in [-0.1, -0.05) is 11.6 Å². The number of anilines is 1. The van der Waals surface area contributed by atoms with Crippen molar-refractivity contribution in [3.63, 3.8) is 0 Å². The van der Waals surface area contributed by atoms with Crippen molar-refractivity contribution < 1.29 is 14.6 Å². The predicted molar refractivity (Wildman–Crippen MR) is 103 cm³/mol. The molecule has 0 bridgehead atoms. The number of non-ortho nitro benzene ring substituents is 1. The Bertz CT molecular complexity index is 1080. The zero-order valence-electron chi connectivity index (χ0n) is 13.5. The van der Waals surface area contributed by atoms with E-state index in [0.29, 0.717) is 10.0 Å². The van der Waals surface area contributed by atoms with Crippen LogP contribution in [0.4, 0.5) is 16.5 Å². The normalized spacial score (nSPS) is 10.6. The second-order valence-corrected chi connectivity index (χ2v) is 7.82. The average Bonchev–Trinajstić information content (AvgIpc) is 3.23. The van der Waals surface area contributed by atoms with Gasteiger partial charge in [-0.15, -0.1) is 22.7 Å². The number of carbonyl (C=O) groups is 1. The van der Waals surface area contributed by atoms with Crippen LogP contribution in [0.2, 0.25) is 4.34 Å². The number of amides is 1. The van der Waals surface area contributed by atoms with Crippen LogP contribution in [0.3, 0.4) is 0 Å². The van der Waals surface area contributed by atoms with E-state index in [1.807, 2.05) is 0 Å². The number of hydrogen-bond acceptors (Lipinski definition) is 8. The van der Waals surface area contributed by atoms with Crippen LogP contribution in [0.15, 0.2) is 29.6 Å². The Kier molecular flexibility index (Phi) is 5.17. The number of nitro groups is 2. The number of benzene rings is 1. The van der Waals surface area contributed by atoms with E-state index in [9.17, 15) is 25.0 Å². The Labute approximate surface area is 164 Å². The number of rotatable bonds is 5. The van der Waals surface area contributed by atoms with Crippen LogP contribution in [0.1, 0.15) is 15.9 Å². The molecule has 2 heterocycles. The minimum atomic E-state index is -0.786. The number of thiophene rings is 1. The molecule has 0 aliphatic carbocycles. The summed E-state index contributed by atoms with van der Waals surface area (Å²) in [6.45, 7) is 1.36. The van der Waals surface area contributed by atoms with E-state index in [0.717, 1.165) is 28.3 Å². The van der Waals surface area contributed by atoms with Crippen LogP contribution < -0.4 is 5.32 Å². The Morgan fingerprint density at radius 2 is 1.96 bits per heavy atom. The predicted octanol–water partition coefficient (Wildman–Crippen LogP) is 4.90. The fourth-order valence-electron chi connectivity index (χ4n) is 2.28. The van der Waals surface area contributed by atoms with Crippen molar-refractivity contribution in [1.82, 2.24) is 4.98 Å². The number of thiazole rings is 1. The van der Waals surface area contributed by atoms with Gasteiger partial charge in [0.15, 0.2) is 5.13 Å². The number of carbonyl (C=O) groups excluding carboxylic acids is 1. The smallest absolute Gasteiger partial charge is 0.279 e. The molecule has 9 nitrogen and oxygen atoms in total. The van der Waals surface area contributed by atoms with Crippen LogP contribution >= 0.6 is 34.3 Å². The molecule has 0 spiro atoms. The molecule has 0 radical (unpaired) electrons. The molecule has 0 saturated heterocycles. The molecule has 27 heavy (non-hydrogen) atoms. The van der Waals surface area contributed by atoms with Gasteiger partial charge in [0, 0.05) is 17.0 Å². The topological polar surface area (TPSA) is 128 Å². The fraction of sp³-hybridized carbons (Fsp3) is 0.0667. The van der Waals surface area contributed by atoms with Crippen LogP contribution in [0.5, 0.6) is 0 Å². The van der Waals surface area contributed by atoms with E-state index in [2.05, 4.69) is 10.3 Å². The van der Waals surface area contributed by atoms with Crippen LogP contribution in [0, 0.1) is 27.2 Å². The van der Waals surface area contributed by atoms with E-state index in [1.165, 1.54) is 18.3 Å². The van der Waals surface area contributed by atoms with Gasteiger partial charge in [-0.25, -0.2) is 4.98 Å². The Morgan fingerprint density at radius 1 is 1.22 bits per heavy atom. The number of nitro benzene ring substituents is 2. The summed E-state index contributed by atoms with van der Waals surface area (Å²) in [5.74, 6) is -0.718. The van der Waals surface area contributed by atoms with Gasteiger partial charge in [0.2, 0.25) is 0 Å². The lowest BCUT2D eigenvalue weighted by molar-refractivity contribution is -0.394. The number of nitrogens with one attached hydrogen (secondary N) is 1. The van der Waals surface area contributed by atoms with Gasteiger partial charge in [-0.2, -0.15) is 0 Å². The third-order valence-corrected chi connectivity index (χ3v) is 5.58. The first-order valence-corrected chi connectivity index (χ1v) is 9.29. The van der Waals surface area contributed by atoms with Gasteiger partial charge in [0.05, 0.1) is 36.4 Å². The minimum Gasteiger partial charge on any atom is -0.298 e. The Balaban J connectivity index is 1.91. The molecular weight excluding hydrogens is 416 g/mol. The second-order valence-electron chi connectivity index (χ2n) is 5.25. The highest BCUT2D eigenvalue weighted by Gasteiger charge is 2.25. The number of nitrogens with zero attached hydrogens (tertiary/aromatic N) is 3. The first-order chi connectivity index (χ1) is 12.8. The summed E-state index contributed by atoms with van der Waals surface area (Å²) < 4.78 is 0.600. The van der Waals surface area contributed by atoms with Crippen molar-refractivity contribution in [2.24, 2.45) is 0 Å². The molecule has 1 aromatic carbocycles. The molecule has 3 rings (SSSR count). The number of aromatic nitrogens is 1. The van der Waals surface area contributed by atoms with Crippen molar-refractivity contribution in [3.05, 3.63) is 65.3 Å². The standard InChI is InChI=1S/C15H9ClN4O5S2/c1-7-9(4-8(19(22)23)5-11(7)20(24)25)14(21)18-15-17-10(6-26-15)12-2-3-13(16)27-12/h2-6H,1H3,(H,17,18,21). The third-order valence-electron chi connectivity index (χ3n) is 3.57. The molecule has 3 aromatic rings. The molecule has 1 amide bonds. The summed E-state index contributed by atoms with van der Waals surface area (Å²) in [6, 6.07) is 5.35. The molecule has 0 unspecified atom stereocenters. The summed E-state index contributed by atoms with van der Waals surface area (Å²) in [5.41, 5.74) is -0.543. The second kappa shape index (κ2) is 7.39. The Hall–Kier alpha value is -2.89. The van der Waals surface area contributed by atoms with E-state index >= 15 is 0 Å². The highest BCUT2D eigenvalue weighted by Crippen LogP contribution is 2.33. The van der Waals surface area contributed by atoms with Crippen molar-refractivity contribution >= 4 is 56.7 Å². The fourth-order valence-corrected chi connectivity index (χ4v) is 4.06. The van der Waals surface area contributed by atoms with E-state index in [4.69, 9.17) is 11.6 Å². The number of hydrogen-bond donors (Lipinski definition) is 1. The maximum absolute atomic E-state index is 12.5. The van der Waals surface area contributed by atoms with Gasteiger partial charge in [0.25, 0.3) is 17.3 Å². The van der Waals surface area contributed by atoms with E-state index in [1.54, 1.807) is 17.5 Å². The maximum atomic E-state index is 12.5. The van der Waals surface area contributed by atoms with Crippen LogP contribution in [-0.2, 0) is 0 Å². The van der Waals surface area contributed by atoms with Gasteiger partial charge >= 0.3 is 0 Å². The molecular formula is C15H9ClN4O5S2. The maximum Gasteiger partial charge on any atom is 0.279 e. The van der Waals surface area contributed by atoms with Gasteiger partial charge < -0.3 is 0 Å². The lowest BCUT2D eigenvalue weighted by Gasteiger charge is -2.06. The zero-order chi connectivity index (χ0) is 19.7. The molecule has 12 heteroatoms. The molecule has 138 valence electrons. The van der Waals surface area contributed by atoms with Crippen molar-refractivity contribution in [3.8, 4) is 10.6 Å². The third kappa shape index (κ3) is 3.94. The van der Waals surface area contributed by atoms with E-state index < -0.39 is 27.1 Å². The lowest BCUT2D eigenvalue weighted by Crippen LogP contribution is -2.14. The summed E-state index contributed by atoms with van der Waals surface area (Å²) >= 11 is 8.38. The van der Waals surface area contributed by atoms with Crippen LogP contribution in [0.25, 0.3) is 10.6 Å². The Morgan fingerprint density at radius 3 is 2.56 bits per heavy atom. The summed E-state index contributed by atoms with van der Waals surface area (Å²) in [4.78, 5) is 38.2. The molecule has 0 aliphatic rings. The molecule has 0 aliphatic heterocycles. The van der Waals surface area contributed by atoms with Gasteiger partial charge in [-0.05, 0) is 19.1 Å². The summed E-state index contributed by atoms with van der Waals surface area (Å²) in [6.07, 6.45) is 0. The highest BCUT2D eigenvalue weighted by atomic mass is 35.5. The lowest BCUT2D eigenvalue weighted by atomic mass is 10.0. The molecule has 1 N–H and O–H groups in total. The molecule has 0 saturated carbocycles. The largest absolute Gasteiger partial charge is 0.298 e. The van der Waals surface area contributed by atoms with Crippen LogP contribution in [-0.4, -0.2) is 20.7 Å². The first kappa shape index (κ1) is 18.9. The molecule has 2 aromatic heterocycles. The number of halogens is 1. The van der Waals surface area contributed by atoms with Gasteiger partial charge in [0.1, 0.15) is 0 Å². The van der Waals surface area contributed by atoms with E-state index in [-0.39, 0.29) is 16.3 Å². The summed E-state index contributed by atoms with van der Waals surface area (Å²) in [7, 11) is 0. The quantitative estimate of drug-likeness (QED) is 0.458. The summed E-state index contributed by atoms with van der Waals surface area (Å²) in [5, 5.41) is 26.6. The first-order valence-electron chi connectivity index (χ1n) is 7.22. The minimum absolute atomic E-state index is 0.0323. The SMILES string of the molecule is Cc1c(C(=O)Nc2nc(-c3ccc(Cl)s3)cs2)cc([N+](=O)[O-])cc1[N+](=O)[O-]. The molecule has 0 fully saturated rings.